The minimum Gasteiger partial charge on any atom is -0.496 e. The van der Waals surface area contributed by atoms with Gasteiger partial charge in [0.15, 0.2) is 0 Å². The zero-order chi connectivity index (χ0) is 15.1. The van der Waals surface area contributed by atoms with Gasteiger partial charge in [-0.1, -0.05) is 37.5 Å². The predicted molar refractivity (Wildman–Crippen MR) is 86.7 cm³/mol. The number of nitrogens with two attached hydrogens (primary N) is 1. The summed E-state index contributed by atoms with van der Waals surface area (Å²) in [5, 5.41) is 0. The van der Waals surface area contributed by atoms with Gasteiger partial charge in [-0.05, 0) is 43.7 Å². The van der Waals surface area contributed by atoms with Crippen LogP contribution in [0.5, 0.6) is 5.75 Å². The van der Waals surface area contributed by atoms with Crippen LogP contribution in [0.1, 0.15) is 44.6 Å². The van der Waals surface area contributed by atoms with Crippen molar-refractivity contribution >= 4 is 0 Å². The predicted octanol–water partition coefficient (Wildman–Crippen LogP) is 3.55. The fourth-order valence-electron chi connectivity index (χ4n) is 3.51. The lowest BCUT2D eigenvalue weighted by molar-refractivity contribution is -0.00920. The fourth-order valence-corrected chi connectivity index (χ4v) is 3.51. The molecule has 0 spiro atoms. The first-order chi connectivity index (χ1) is 10.3. The van der Waals surface area contributed by atoms with Crippen molar-refractivity contribution in [2.75, 3.05) is 13.7 Å². The van der Waals surface area contributed by atoms with Crippen LogP contribution in [0.3, 0.4) is 0 Å². The molecule has 1 saturated carbocycles. The van der Waals surface area contributed by atoms with Crippen molar-refractivity contribution in [3.8, 4) is 5.75 Å². The van der Waals surface area contributed by atoms with Gasteiger partial charge in [0.2, 0.25) is 0 Å². The molecule has 1 fully saturated rings. The summed E-state index contributed by atoms with van der Waals surface area (Å²) < 4.78 is 11.5. The molecular weight excluding hydrogens is 262 g/mol. The zero-order valence-electron chi connectivity index (χ0n) is 13.4. The number of hydrogen-bond acceptors (Lipinski definition) is 3. The van der Waals surface area contributed by atoms with E-state index in [0.29, 0.717) is 5.92 Å². The van der Waals surface area contributed by atoms with Crippen LogP contribution in [-0.2, 0) is 11.2 Å². The van der Waals surface area contributed by atoms with Crippen LogP contribution in [0.4, 0.5) is 0 Å². The fraction of sp³-hybridized carbons (Fsp3) is 0.667. The van der Waals surface area contributed by atoms with Gasteiger partial charge >= 0.3 is 0 Å². The molecule has 0 heterocycles. The summed E-state index contributed by atoms with van der Waals surface area (Å²) in [7, 11) is 1.71. The quantitative estimate of drug-likeness (QED) is 0.835. The lowest BCUT2D eigenvalue weighted by Gasteiger charge is -2.34. The van der Waals surface area contributed by atoms with Crippen LogP contribution in [0.15, 0.2) is 24.3 Å². The minimum atomic E-state index is 0.0318. The van der Waals surface area contributed by atoms with E-state index in [9.17, 15) is 0 Å². The number of benzene rings is 1. The van der Waals surface area contributed by atoms with E-state index < -0.39 is 0 Å². The van der Waals surface area contributed by atoms with Gasteiger partial charge in [-0.15, -0.1) is 0 Å². The van der Waals surface area contributed by atoms with E-state index in [-0.39, 0.29) is 12.1 Å². The summed E-state index contributed by atoms with van der Waals surface area (Å²) in [5.74, 6) is 1.54. The van der Waals surface area contributed by atoms with E-state index in [2.05, 4.69) is 13.0 Å². The van der Waals surface area contributed by atoms with Crippen molar-refractivity contribution in [1.82, 2.24) is 0 Å². The second-order valence-electron chi connectivity index (χ2n) is 6.00. The van der Waals surface area contributed by atoms with E-state index in [1.807, 2.05) is 18.2 Å². The normalized spacial score (nSPS) is 19.2. The molecule has 1 aliphatic carbocycles. The highest BCUT2D eigenvalue weighted by atomic mass is 16.5. The highest BCUT2D eigenvalue weighted by molar-refractivity contribution is 5.34. The van der Waals surface area contributed by atoms with Crippen LogP contribution in [0, 0.1) is 5.92 Å². The third-order valence-electron chi connectivity index (χ3n) is 4.54. The van der Waals surface area contributed by atoms with Gasteiger partial charge in [0.05, 0.1) is 13.2 Å². The minimum absolute atomic E-state index is 0.0318. The van der Waals surface area contributed by atoms with E-state index in [4.69, 9.17) is 15.2 Å². The van der Waals surface area contributed by atoms with Crippen molar-refractivity contribution in [1.29, 1.82) is 0 Å². The van der Waals surface area contributed by atoms with E-state index in [0.717, 1.165) is 18.8 Å². The van der Waals surface area contributed by atoms with Crippen molar-refractivity contribution in [3.63, 3.8) is 0 Å². The van der Waals surface area contributed by atoms with Gasteiger partial charge in [-0.25, -0.2) is 0 Å². The zero-order valence-corrected chi connectivity index (χ0v) is 13.4. The molecule has 0 radical (unpaired) electrons. The highest BCUT2D eigenvalue weighted by Crippen LogP contribution is 2.30. The Hall–Kier alpha value is -1.06. The molecule has 2 rings (SSSR count). The monoisotopic (exact) mass is 291 g/mol. The molecule has 3 nitrogen and oxygen atoms in total. The molecule has 1 aromatic carbocycles. The average Bonchev–Trinajstić information content (AvgIpc) is 2.53. The van der Waals surface area contributed by atoms with Crippen molar-refractivity contribution in [2.45, 2.75) is 57.6 Å². The topological polar surface area (TPSA) is 44.5 Å². The highest BCUT2D eigenvalue weighted by Gasteiger charge is 2.29. The first-order valence-electron chi connectivity index (χ1n) is 8.25. The Morgan fingerprint density at radius 3 is 2.57 bits per heavy atom. The maximum absolute atomic E-state index is 6.51. The van der Waals surface area contributed by atoms with Crippen LogP contribution in [0.2, 0.25) is 0 Å². The first kappa shape index (κ1) is 16.3. The Bertz CT molecular complexity index is 415. The molecule has 21 heavy (non-hydrogen) atoms. The Morgan fingerprint density at radius 2 is 1.90 bits per heavy atom. The van der Waals surface area contributed by atoms with Crippen LogP contribution < -0.4 is 10.5 Å². The third kappa shape index (κ3) is 4.45. The molecule has 1 aromatic rings. The largest absolute Gasteiger partial charge is 0.496 e. The molecule has 0 amide bonds. The number of rotatable bonds is 7. The molecule has 2 atom stereocenters. The lowest BCUT2D eigenvalue weighted by Crippen LogP contribution is -2.44. The van der Waals surface area contributed by atoms with E-state index >= 15 is 0 Å². The lowest BCUT2D eigenvalue weighted by atomic mass is 9.81. The molecule has 0 saturated heterocycles. The second kappa shape index (κ2) is 8.40. The molecule has 2 unspecified atom stereocenters. The standard InChI is InChI=1S/C18H29NO2/c1-3-21-18(14-9-5-4-6-10-14)16(19)13-15-11-7-8-12-17(15)20-2/h7-8,11-12,14,16,18H,3-6,9-10,13,19H2,1-2H3. The average molecular weight is 291 g/mol. The summed E-state index contributed by atoms with van der Waals surface area (Å²) in [6.07, 6.45) is 7.47. The second-order valence-corrected chi connectivity index (χ2v) is 6.00. The SMILES string of the molecule is CCOC(C(N)Cc1ccccc1OC)C1CCCCC1. The Kier molecular flexibility index (Phi) is 6.52. The molecule has 118 valence electrons. The van der Waals surface area contributed by atoms with Gasteiger partial charge < -0.3 is 15.2 Å². The Labute approximate surface area is 128 Å². The maximum Gasteiger partial charge on any atom is 0.122 e. The molecule has 1 aliphatic rings. The number of ether oxygens (including phenoxy) is 2. The first-order valence-corrected chi connectivity index (χ1v) is 8.25. The summed E-state index contributed by atoms with van der Waals surface area (Å²) in [5.41, 5.74) is 7.68. The molecule has 0 bridgehead atoms. The summed E-state index contributed by atoms with van der Waals surface area (Å²) in [6, 6.07) is 8.17. The van der Waals surface area contributed by atoms with Crippen LogP contribution in [-0.4, -0.2) is 25.9 Å². The smallest absolute Gasteiger partial charge is 0.122 e. The van der Waals surface area contributed by atoms with Gasteiger partial charge in [0.25, 0.3) is 0 Å². The summed E-state index contributed by atoms with van der Waals surface area (Å²) in [4.78, 5) is 0. The Balaban J connectivity index is 2.05. The van der Waals surface area contributed by atoms with Crippen LogP contribution in [0.25, 0.3) is 0 Å². The molecule has 3 heteroatoms. The van der Waals surface area contributed by atoms with Gasteiger partial charge in [-0.2, -0.15) is 0 Å². The van der Waals surface area contributed by atoms with Crippen molar-refractivity contribution in [2.24, 2.45) is 11.7 Å². The number of hydrogen-bond donors (Lipinski definition) is 1. The van der Waals surface area contributed by atoms with Gasteiger partial charge in [0.1, 0.15) is 5.75 Å². The maximum atomic E-state index is 6.51. The van der Waals surface area contributed by atoms with E-state index in [1.54, 1.807) is 7.11 Å². The number of para-hydroxylation sites is 1. The van der Waals surface area contributed by atoms with Crippen molar-refractivity contribution in [3.05, 3.63) is 29.8 Å². The van der Waals surface area contributed by atoms with Crippen LogP contribution >= 0.6 is 0 Å². The van der Waals surface area contributed by atoms with Gasteiger partial charge in [0, 0.05) is 12.6 Å². The third-order valence-corrected chi connectivity index (χ3v) is 4.54. The molecule has 0 aliphatic heterocycles. The summed E-state index contributed by atoms with van der Waals surface area (Å²) in [6.45, 7) is 2.80. The Morgan fingerprint density at radius 1 is 1.19 bits per heavy atom. The van der Waals surface area contributed by atoms with E-state index in [1.165, 1.54) is 37.7 Å². The molecule has 0 aromatic heterocycles. The molecule has 2 N–H and O–H groups in total. The number of methoxy groups -OCH3 is 1. The summed E-state index contributed by atoms with van der Waals surface area (Å²) >= 11 is 0. The molecular formula is C18H29NO2. The van der Waals surface area contributed by atoms with Crippen molar-refractivity contribution < 1.29 is 9.47 Å². The van der Waals surface area contributed by atoms with Gasteiger partial charge in [-0.3, -0.25) is 0 Å².